The maximum Gasteiger partial charge on any atom is 0.141 e. The van der Waals surface area contributed by atoms with Gasteiger partial charge in [0.2, 0.25) is 0 Å². The molecule has 0 N–H and O–H groups in total. The number of pyridine rings is 1. The molecule has 76 valence electrons. The van der Waals surface area contributed by atoms with Gasteiger partial charge in [0.15, 0.2) is 0 Å². The summed E-state index contributed by atoms with van der Waals surface area (Å²) in [6.45, 7) is 4.06. The minimum absolute atomic E-state index is 0.175. The largest absolute Gasteiger partial charge is 0.256 e. The molecule has 14 heavy (non-hydrogen) atoms. The van der Waals surface area contributed by atoms with Crippen molar-refractivity contribution in [1.29, 1.82) is 0 Å². The topological polar surface area (TPSA) is 12.9 Å². The molecule has 1 aliphatic rings. The van der Waals surface area contributed by atoms with Gasteiger partial charge in [0.05, 0.1) is 10.2 Å². The zero-order valence-corrected chi connectivity index (χ0v) is 9.94. The molecule has 0 unspecified atom stereocenters. The molecule has 2 rings (SSSR count). The summed E-state index contributed by atoms with van der Waals surface area (Å²) in [6.07, 6.45) is 2.32. The number of rotatable bonds is 2. The first kappa shape index (κ1) is 10.1. The molecule has 0 aromatic carbocycles. The molecule has 0 amide bonds. The molecule has 1 fully saturated rings. The smallest absolute Gasteiger partial charge is 0.141 e. The Hall–Kier alpha value is -0.440. The summed E-state index contributed by atoms with van der Waals surface area (Å²) in [5.74, 6) is 0.596. The molecule has 0 atom stereocenters. The van der Waals surface area contributed by atoms with Crippen LogP contribution < -0.4 is 0 Å². The second-order valence-corrected chi connectivity index (χ2v) is 4.95. The van der Waals surface area contributed by atoms with Gasteiger partial charge >= 0.3 is 0 Å². The predicted octanol–water partition coefficient (Wildman–Crippen LogP) is 3.98. The second kappa shape index (κ2) is 3.61. The molecule has 1 aromatic rings. The fourth-order valence-corrected chi connectivity index (χ4v) is 2.17. The SMILES string of the molecule is CC(C)c1nc(C2CC2)cc(F)c1Br. The maximum atomic E-state index is 13.5. The molecule has 0 bridgehead atoms. The molecular formula is C11H13BrFN. The van der Waals surface area contributed by atoms with Crippen LogP contribution in [-0.4, -0.2) is 4.98 Å². The number of hydrogen-bond donors (Lipinski definition) is 0. The highest BCUT2D eigenvalue weighted by Crippen LogP contribution is 2.40. The Bertz CT molecular complexity index is 359. The van der Waals surface area contributed by atoms with E-state index in [1.165, 1.54) is 0 Å². The van der Waals surface area contributed by atoms with Crippen LogP contribution in [0, 0.1) is 5.82 Å². The van der Waals surface area contributed by atoms with Gasteiger partial charge in [0.1, 0.15) is 5.82 Å². The predicted molar refractivity (Wildman–Crippen MR) is 58.0 cm³/mol. The highest BCUT2D eigenvalue weighted by atomic mass is 79.9. The molecule has 0 aliphatic heterocycles. The lowest BCUT2D eigenvalue weighted by Gasteiger charge is -2.10. The normalized spacial score (nSPS) is 16.4. The van der Waals surface area contributed by atoms with E-state index in [-0.39, 0.29) is 11.7 Å². The lowest BCUT2D eigenvalue weighted by molar-refractivity contribution is 0.605. The summed E-state index contributed by atoms with van der Waals surface area (Å²) >= 11 is 3.25. The third-order valence-corrected chi connectivity index (χ3v) is 3.29. The summed E-state index contributed by atoms with van der Waals surface area (Å²) < 4.78 is 14.0. The van der Waals surface area contributed by atoms with Gasteiger partial charge in [-0.2, -0.15) is 0 Å². The summed E-state index contributed by atoms with van der Waals surface area (Å²) in [4.78, 5) is 4.51. The maximum absolute atomic E-state index is 13.5. The van der Waals surface area contributed by atoms with Gasteiger partial charge in [-0.3, -0.25) is 4.98 Å². The van der Waals surface area contributed by atoms with Crippen LogP contribution in [0.4, 0.5) is 4.39 Å². The summed E-state index contributed by atoms with van der Waals surface area (Å²) in [7, 11) is 0. The lowest BCUT2D eigenvalue weighted by atomic mass is 10.1. The van der Waals surface area contributed by atoms with E-state index in [0.29, 0.717) is 10.4 Å². The molecule has 0 saturated heterocycles. The summed E-state index contributed by atoms with van der Waals surface area (Å²) in [5, 5.41) is 0. The van der Waals surface area contributed by atoms with Gasteiger partial charge in [-0.1, -0.05) is 13.8 Å². The van der Waals surface area contributed by atoms with Crippen molar-refractivity contribution in [3.63, 3.8) is 0 Å². The van der Waals surface area contributed by atoms with Crippen molar-refractivity contribution >= 4 is 15.9 Å². The van der Waals surface area contributed by atoms with E-state index in [0.717, 1.165) is 24.2 Å². The fraction of sp³-hybridized carbons (Fsp3) is 0.545. The van der Waals surface area contributed by atoms with Crippen LogP contribution in [0.2, 0.25) is 0 Å². The van der Waals surface area contributed by atoms with Crippen LogP contribution in [0.25, 0.3) is 0 Å². The van der Waals surface area contributed by atoms with Crippen molar-refractivity contribution < 1.29 is 4.39 Å². The van der Waals surface area contributed by atoms with Crippen molar-refractivity contribution in [2.24, 2.45) is 0 Å². The van der Waals surface area contributed by atoms with Crippen molar-refractivity contribution in [2.75, 3.05) is 0 Å². The van der Waals surface area contributed by atoms with Crippen LogP contribution in [0.1, 0.15) is 49.9 Å². The Morgan fingerprint density at radius 2 is 2.14 bits per heavy atom. The zero-order valence-electron chi connectivity index (χ0n) is 8.35. The van der Waals surface area contributed by atoms with E-state index >= 15 is 0 Å². The molecule has 3 heteroatoms. The van der Waals surface area contributed by atoms with Crippen molar-refractivity contribution in [3.05, 3.63) is 27.7 Å². The first-order valence-corrected chi connectivity index (χ1v) is 5.74. The van der Waals surface area contributed by atoms with E-state index in [1.54, 1.807) is 6.07 Å². The van der Waals surface area contributed by atoms with Crippen LogP contribution in [0.3, 0.4) is 0 Å². The van der Waals surface area contributed by atoms with Gasteiger partial charge in [-0.25, -0.2) is 4.39 Å². The summed E-state index contributed by atoms with van der Waals surface area (Å²) in [6, 6.07) is 1.56. The van der Waals surface area contributed by atoms with Crippen molar-refractivity contribution in [1.82, 2.24) is 4.98 Å². The lowest BCUT2D eigenvalue weighted by Crippen LogP contribution is -2.00. The molecule has 1 aromatic heterocycles. The average molecular weight is 258 g/mol. The number of nitrogens with zero attached hydrogens (tertiary/aromatic N) is 1. The molecular weight excluding hydrogens is 245 g/mol. The first-order chi connectivity index (χ1) is 6.59. The zero-order chi connectivity index (χ0) is 10.3. The highest BCUT2D eigenvalue weighted by molar-refractivity contribution is 9.10. The number of aromatic nitrogens is 1. The Kier molecular flexibility index (Phi) is 2.60. The van der Waals surface area contributed by atoms with Crippen molar-refractivity contribution in [2.45, 2.75) is 38.5 Å². The average Bonchev–Trinajstić information content (AvgIpc) is 2.91. The van der Waals surface area contributed by atoms with Gasteiger partial charge in [0, 0.05) is 11.6 Å². The van der Waals surface area contributed by atoms with Crippen LogP contribution in [-0.2, 0) is 0 Å². The minimum atomic E-state index is -0.175. The molecule has 1 aliphatic carbocycles. The third-order valence-electron chi connectivity index (χ3n) is 2.50. The van der Waals surface area contributed by atoms with Crippen LogP contribution >= 0.6 is 15.9 Å². The minimum Gasteiger partial charge on any atom is -0.256 e. The Morgan fingerprint density at radius 3 is 2.64 bits per heavy atom. The van der Waals surface area contributed by atoms with E-state index in [9.17, 15) is 4.39 Å². The number of halogens is 2. The van der Waals surface area contributed by atoms with Crippen molar-refractivity contribution in [3.8, 4) is 0 Å². The van der Waals surface area contributed by atoms with E-state index < -0.39 is 0 Å². The highest BCUT2D eigenvalue weighted by Gasteiger charge is 2.27. The Morgan fingerprint density at radius 1 is 1.50 bits per heavy atom. The number of hydrogen-bond acceptors (Lipinski definition) is 1. The standard InChI is InChI=1S/C11H13BrFN/c1-6(2)11-10(12)8(13)5-9(14-11)7-3-4-7/h5-7H,3-4H2,1-2H3. The summed E-state index contributed by atoms with van der Waals surface area (Å²) in [5.41, 5.74) is 1.77. The van der Waals surface area contributed by atoms with Gasteiger partial charge < -0.3 is 0 Å². The van der Waals surface area contributed by atoms with Gasteiger partial charge in [0.25, 0.3) is 0 Å². The molecule has 1 nitrogen and oxygen atoms in total. The third kappa shape index (κ3) is 1.83. The van der Waals surface area contributed by atoms with E-state index in [4.69, 9.17) is 0 Å². The van der Waals surface area contributed by atoms with Gasteiger partial charge in [-0.15, -0.1) is 0 Å². The fourth-order valence-electron chi connectivity index (χ4n) is 1.51. The van der Waals surface area contributed by atoms with E-state index in [2.05, 4.69) is 20.9 Å². The molecule has 1 heterocycles. The first-order valence-electron chi connectivity index (χ1n) is 4.95. The van der Waals surface area contributed by atoms with Crippen LogP contribution in [0.5, 0.6) is 0 Å². The molecule has 0 radical (unpaired) electrons. The molecule has 0 spiro atoms. The second-order valence-electron chi connectivity index (χ2n) is 4.16. The quantitative estimate of drug-likeness (QED) is 0.781. The molecule has 1 saturated carbocycles. The van der Waals surface area contributed by atoms with Gasteiger partial charge in [-0.05, 0) is 40.8 Å². The monoisotopic (exact) mass is 257 g/mol. The van der Waals surface area contributed by atoms with Crippen LogP contribution in [0.15, 0.2) is 10.5 Å². The van der Waals surface area contributed by atoms with E-state index in [1.807, 2.05) is 13.8 Å². The Labute approximate surface area is 91.9 Å². The Balaban J connectivity index is 2.46.